The van der Waals surface area contributed by atoms with Gasteiger partial charge in [0.25, 0.3) is 5.69 Å². The monoisotopic (exact) mass is 347 g/mol. The Labute approximate surface area is 118 Å². The summed E-state index contributed by atoms with van der Waals surface area (Å²) >= 11 is 3.00. The van der Waals surface area contributed by atoms with E-state index in [1.54, 1.807) is 13.0 Å². The van der Waals surface area contributed by atoms with Gasteiger partial charge >= 0.3 is 0 Å². The van der Waals surface area contributed by atoms with Gasteiger partial charge in [0.1, 0.15) is 0 Å². The molecule has 0 spiro atoms. The van der Waals surface area contributed by atoms with Crippen LogP contribution in [0.5, 0.6) is 0 Å². The third-order valence-electron chi connectivity index (χ3n) is 2.29. The van der Waals surface area contributed by atoms with E-state index in [1.807, 2.05) is 0 Å². The Balaban J connectivity index is 3.11. The highest BCUT2D eigenvalue weighted by Gasteiger charge is 2.24. The lowest BCUT2D eigenvalue weighted by molar-refractivity contribution is -0.385. The number of sulfonamides is 1. The molecule has 0 aromatic heterocycles. The molecule has 1 unspecified atom stereocenters. The Hall–Kier alpha value is -1.66. The molecule has 1 aromatic carbocycles. The molecule has 0 aliphatic carbocycles. The van der Waals surface area contributed by atoms with E-state index in [0.717, 1.165) is 6.07 Å². The zero-order chi connectivity index (χ0) is 14.6. The van der Waals surface area contributed by atoms with Gasteiger partial charge in [-0.25, -0.2) is 8.42 Å². The second kappa shape index (κ2) is 5.99. The topological polar surface area (TPSA) is 113 Å². The highest BCUT2D eigenvalue weighted by molar-refractivity contribution is 9.10. The lowest BCUT2D eigenvalue weighted by atomic mass is 10.3. The van der Waals surface area contributed by atoms with Crippen molar-refractivity contribution < 1.29 is 13.3 Å². The first-order valence-corrected chi connectivity index (χ1v) is 7.51. The molecule has 9 heteroatoms. The van der Waals surface area contributed by atoms with E-state index in [-0.39, 0.29) is 22.3 Å². The van der Waals surface area contributed by atoms with Crippen LogP contribution < -0.4 is 4.72 Å². The van der Waals surface area contributed by atoms with Crippen molar-refractivity contribution in [2.45, 2.75) is 18.6 Å². The summed E-state index contributed by atoms with van der Waals surface area (Å²) in [4.78, 5) is 10.1. The number of hydrogen-bond acceptors (Lipinski definition) is 5. The third-order valence-corrected chi connectivity index (χ3v) is 4.67. The molecular weight excluding hydrogens is 338 g/mol. The number of nitrogens with one attached hydrogen (secondary N) is 1. The van der Waals surface area contributed by atoms with Gasteiger partial charge in [-0.3, -0.25) is 14.8 Å². The van der Waals surface area contributed by atoms with Gasteiger partial charge in [0.2, 0.25) is 10.0 Å². The van der Waals surface area contributed by atoms with Crippen molar-refractivity contribution in [3.8, 4) is 6.07 Å². The van der Waals surface area contributed by atoms with Crippen LogP contribution in [0.3, 0.4) is 0 Å². The van der Waals surface area contributed by atoms with Crippen LogP contribution in [-0.4, -0.2) is 18.6 Å². The van der Waals surface area contributed by atoms with Crippen LogP contribution in [0.4, 0.5) is 11.4 Å². The Kier molecular flexibility index (Phi) is 4.85. The molecule has 0 aliphatic heterocycles. The minimum Gasteiger partial charge on any atom is -0.282 e. The van der Waals surface area contributed by atoms with Gasteiger partial charge < -0.3 is 0 Å². The van der Waals surface area contributed by atoms with Gasteiger partial charge in [-0.05, 0) is 34.5 Å². The van der Waals surface area contributed by atoms with E-state index in [4.69, 9.17) is 5.26 Å². The number of nitro groups is 1. The largest absolute Gasteiger partial charge is 0.285 e. The highest BCUT2D eigenvalue weighted by Crippen LogP contribution is 2.28. The second-order valence-electron chi connectivity index (χ2n) is 3.60. The SMILES string of the molecule is CCC(C#N)S(=O)(=O)Nc1ccc(Br)c([N+](=O)[O-])c1. The molecule has 0 saturated heterocycles. The number of nitrogens with zero attached hydrogens (tertiary/aromatic N) is 2. The number of hydrogen-bond donors (Lipinski definition) is 1. The van der Waals surface area contributed by atoms with Crippen molar-refractivity contribution in [2.24, 2.45) is 0 Å². The molecule has 0 aliphatic rings. The standard InChI is InChI=1S/C10H10BrN3O4S/c1-2-8(6-12)19(17,18)13-7-3-4-9(11)10(5-7)14(15)16/h3-5,8,13H,2H2,1H3. The molecule has 0 bridgehead atoms. The molecule has 0 fully saturated rings. The summed E-state index contributed by atoms with van der Waals surface area (Å²) in [5.41, 5.74) is -0.214. The van der Waals surface area contributed by atoms with E-state index in [9.17, 15) is 18.5 Å². The van der Waals surface area contributed by atoms with Crippen molar-refractivity contribution in [3.05, 3.63) is 32.8 Å². The van der Waals surface area contributed by atoms with Gasteiger partial charge in [-0.15, -0.1) is 0 Å². The minimum absolute atomic E-state index is 0.0450. The third kappa shape index (κ3) is 3.65. The Morgan fingerprint density at radius 1 is 1.58 bits per heavy atom. The van der Waals surface area contributed by atoms with Crippen LogP contribution in [0.2, 0.25) is 0 Å². The normalized spacial score (nSPS) is 12.5. The molecule has 0 radical (unpaired) electrons. The van der Waals surface area contributed by atoms with Crippen LogP contribution in [0, 0.1) is 21.4 Å². The van der Waals surface area contributed by atoms with Crippen molar-refractivity contribution >= 4 is 37.3 Å². The number of halogens is 1. The van der Waals surface area contributed by atoms with Crippen LogP contribution in [0.1, 0.15) is 13.3 Å². The molecule has 1 aromatic rings. The zero-order valence-corrected chi connectivity index (χ0v) is 12.2. The average molecular weight is 348 g/mol. The Bertz CT molecular complexity index is 639. The smallest absolute Gasteiger partial charge is 0.282 e. The molecule has 1 rings (SSSR count). The van der Waals surface area contributed by atoms with Crippen LogP contribution in [-0.2, 0) is 10.0 Å². The molecule has 0 saturated carbocycles. The van der Waals surface area contributed by atoms with E-state index < -0.39 is 20.2 Å². The maximum Gasteiger partial charge on any atom is 0.285 e. The minimum atomic E-state index is -3.88. The van der Waals surface area contributed by atoms with Gasteiger partial charge in [-0.1, -0.05) is 6.92 Å². The number of rotatable bonds is 5. The molecule has 7 nitrogen and oxygen atoms in total. The molecular formula is C10H10BrN3O4S. The maximum atomic E-state index is 11.8. The number of nitro benzene ring substituents is 1. The van der Waals surface area contributed by atoms with E-state index >= 15 is 0 Å². The predicted octanol–water partition coefficient (Wildman–Crippen LogP) is 2.40. The fourth-order valence-corrected chi connectivity index (χ4v) is 2.90. The van der Waals surface area contributed by atoms with Gasteiger partial charge in [0, 0.05) is 6.07 Å². The van der Waals surface area contributed by atoms with Gasteiger partial charge in [0.05, 0.1) is 21.2 Å². The summed E-state index contributed by atoms with van der Waals surface area (Å²) in [5, 5.41) is 18.3. The van der Waals surface area contributed by atoms with E-state index in [0.29, 0.717) is 0 Å². The Morgan fingerprint density at radius 3 is 2.68 bits per heavy atom. The Morgan fingerprint density at radius 2 is 2.21 bits per heavy atom. The number of nitriles is 1. The predicted molar refractivity (Wildman–Crippen MR) is 73.0 cm³/mol. The van der Waals surface area contributed by atoms with E-state index in [1.165, 1.54) is 12.1 Å². The lowest BCUT2D eigenvalue weighted by Crippen LogP contribution is -2.25. The number of benzene rings is 1. The zero-order valence-electron chi connectivity index (χ0n) is 9.83. The summed E-state index contributed by atoms with van der Waals surface area (Å²) < 4.78 is 26.0. The summed E-state index contributed by atoms with van der Waals surface area (Å²) in [6.07, 6.45) is 0.129. The molecule has 102 valence electrons. The summed E-state index contributed by atoms with van der Waals surface area (Å²) in [7, 11) is -3.88. The average Bonchev–Trinajstić information content (AvgIpc) is 2.32. The van der Waals surface area contributed by atoms with Gasteiger partial charge in [-0.2, -0.15) is 5.26 Å². The van der Waals surface area contributed by atoms with Crippen molar-refractivity contribution in [3.63, 3.8) is 0 Å². The molecule has 0 amide bonds. The molecule has 0 heterocycles. The van der Waals surface area contributed by atoms with E-state index in [2.05, 4.69) is 20.7 Å². The summed E-state index contributed by atoms with van der Waals surface area (Å²) in [6.45, 7) is 1.57. The molecule has 1 atom stereocenters. The quantitative estimate of drug-likeness (QED) is 0.648. The van der Waals surface area contributed by atoms with Crippen molar-refractivity contribution in [1.29, 1.82) is 5.26 Å². The fourth-order valence-electron chi connectivity index (χ4n) is 1.33. The number of anilines is 1. The summed E-state index contributed by atoms with van der Waals surface area (Å²) in [5.74, 6) is 0. The highest BCUT2D eigenvalue weighted by atomic mass is 79.9. The first kappa shape index (κ1) is 15.4. The van der Waals surface area contributed by atoms with Crippen molar-refractivity contribution in [1.82, 2.24) is 0 Å². The van der Waals surface area contributed by atoms with Gasteiger partial charge in [0.15, 0.2) is 5.25 Å². The maximum absolute atomic E-state index is 11.8. The first-order chi connectivity index (χ1) is 8.81. The van der Waals surface area contributed by atoms with Crippen LogP contribution >= 0.6 is 15.9 Å². The molecule has 1 N–H and O–H groups in total. The van der Waals surface area contributed by atoms with Crippen LogP contribution in [0.15, 0.2) is 22.7 Å². The van der Waals surface area contributed by atoms with Crippen LogP contribution in [0.25, 0.3) is 0 Å². The van der Waals surface area contributed by atoms with Crippen molar-refractivity contribution in [2.75, 3.05) is 4.72 Å². The second-order valence-corrected chi connectivity index (χ2v) is 6.31. The first-order valence-electron chi connectivity index (χ1n) is 5.17. The lowest BCUT2D eigenvalue weighted by Gasteiger charge is -2.11. The fraction of sp³-hybridized carbons (Fsp3) is 0.300. The molecule has 19 heavy (non-hydrogen) atoms. The summed E-state index contributed by atoms with van der Waals surface area (Å²) in [6, 6.07) is 5.49.